The fourth-order valence-corrected chi connectivity index (χ4v) is 3.10. The Bertz CT molecular complexity index is 532. The summed E-state index contributed by atoms with van der Waals surface area (Å²) >= 11 is 7.14. The van der Waals surface area contributed by atoms with E-state index in [1.807, 2.05) is 18.2 Å². The Labute approximate surface area is 125 Å². The summed E-state index contributed by atoms with van der Waals surface area (Å²) in [6.07, 6.45) is 0. The van der Waals surface area contributed by atoms with Gasteiger partial charge in [-0.2, -0.15) is 0 Å². The second-order valence-electron chi connectivity index (χ2n) is 4.38. The molecule has 1 nitrogen and oxygen atoms in total. The van der Waals surface area contributed by atoms with Gasteiger partial charge in [-0.3, -0.25) is 0 Å². The number of hydrogen-bond donors (Lipinski definition) is 1. The molecule has 0 radical (unpaired) electrons. The van der Waals surface area contributed by atoms with E-state index in [-0.39, 0.29) is 6.04 Å². The minimum absolute atomic E-state index is 0.264. The van der Waals surface area contributed by atoms with E-state index in [2.05, 4.69) is 75.3 Å². The van der Waals surface area contributed by atoms with E-state index in [0.29, 0.717) is 0 Å². The summed E-state index contributed by atoms with van der Waals surface area (Å²) in [4.78, 5) is 0. The van der Waals surface area contributed by atoms with Crippen molar-refractivity contribution < 1.29 is 0 Å². The summed E-state index contributed by atoms with van der Waals surface area (Å²) in [6, 6.07) is 14.9. The van der Waals surface area contributed by atoms with Gasteiger partial charge in [0.2, 0.25) is 0 Å². The maximum atomic E-state index is 3.57. The van der Waals surface area contributed by atoms with Crippen molar-refractivity contribution in [3.63, 3.8) is 0 Å². The van der Waals surface area contributed by atoms with Crippen LogP contribution in [0.15, 0.2) is 51.4 Å². The Kier molecular flexibility index (Phi) is 4.46. The predicted octanol–water partition coefficient (Wildman–Crippen LogP) is 5.69. The number of halogens is 2. The fourth-order valence-electron chi connectivity index (χ4n) is 1.88. The van der Waals surface area contributed by atoms with Crippen LogP contribution >= 0.6 is 31.9 Å². The van der Waals surface area contributed by atoms with Crippen LogP contribution in [-0.2, 0) is 0 Å². The van der Waals surface area contributed by atoms with Gasteiger partial charge < -0.3 is 5.32 Å². The Hall–Kier alpha value is -0.800. The van der Waals surface area contributed by atoms with Crippen LogP contribution < -0.4 is 5.32 Å². The highest BCUT2D eigenvalue weighted by atomic mass is 79.9. The van der Waals surface area contributed by atoms with Crippen molar-refractivity contribution in [1.82, 2.24) is 0 Å². The summed E-state index contributed by atoms with van der Waals surface area (Å²) in [7, 11) is 0. The lowest BCUT2D eigenvalue weighted by molar-refractivity contribution is 0.880. The molecule has 1 N–H and O–H groups in total. The minimum atomic E-state index is 0.264. The van der Waals surface area contributed by atoms with Crippen LogP contribution in [-0.4, -0.2) is 0 Å². The second-order valence-corrected chi connectivity index (χ2v) is 6.09. The molecule has 0 aliphatic rings. The topological polar surface area (TPSA) is 12.0 Å². The van der Waals surface area contributed by atoms with Gasteiger partial charge in [0.05, 0.1) is 5.69 Å². The van der Waals surface area contributed by atoms with Crippen LogP contribution in [0.4, 0.5) is 5.69 Å². The van der Waals surface area contributed by atoms with Crippen molar-refractivity contribution in [3.05, 3.63) is 62.5 Å². The number of rotatable bonds is 3. The molecule has 2 rings (SSSR count). The monoisotopic (exact) mass is 367 g/mol. The average Bonchev–Trinajstić information content (AvgIpc) is 2.34. The highest BCUT2D eigenvalue weighted by molar-refractivity contribution is 9.11. The molecule has 94 valence electrons. The highest BCUT2D eigenvalue weighted by Crippen LogP contribution is 2.33. The van der Waals surface area contributed by atoms with E-state index in [4.69, 9.17) is 0 Å². The summed E-state index contributed by atoms with van der Waals surface area (Å²) in [5.41, 5.74) is 3.66. The zero-order valence-electron chi connectivity index (χ0n) is 10.4. The third kappa shape index (κ3) is 3.15. The molecule has 0 amide bonds. The molecule has 0 heterocycles. The van der Waals surface area contributed by atoms with E-state index in [1.54, 1.807) is 0 Å². The Morgan fingerprint density at radius 1 is 1.00 bits per heavy atom. The molecule has 0 aliphatic carbocycles. The van der Waals surface area contributed by atoms with Crippen molar-refractivity contribution in [3.8, 4) is 0 Å². The van der Waals surface area contributed by atoms with E-state index in [1.165, 1.54) is 11.1 Å². The first-order valence-electron chi connectivity index (χ1n) is 5.85. The summed E-state index contributed by atoms with van der Waals surface area (Å²) in [5, 5.41) is 3.53. The molecule has 2 aromatic rings. The molecule has 0 aromatic heterocycles. The predicted molar refractivity (Wildman–Crippen MR) is 85.1 cm³/mol. The lowest BCUT2D eigenvalue weighted by Crippen LogP contribution is -2.07. The van der Waals surface area contributed by atoms with Gasteiger partial charge in [0, 0.05) is 15.0 Å². The van der Waals surface area contributed by atoms with Crippen molar-refractivity contribution >= 4 is 37.5 Å². The van der Waals surface area contributed by atoms with Gasteiger partial charge in [-0.05, 0) is 63.4 Å². The van der Waals surface area contributed by atoms with Gasteiger partial charge in [-0.25, -0.2) is 0 Å². The maximum absolute atomic E-state index is 3.57. The standard InChI is InChI=1S/C15H15Br2N/c1-10-5-3-6-12(9-10)11(2)18-15-13(16)7-4-8-14(15)17/h3-9,11,18H,1-2H3. The number of anilines is 1. The maximum Gasteiger partial charge on any atom is 0.0633 e. The molecular formula is C15H15Br2N. The van der Waals surface area contributed by atoms with Crippen molar-refractivity contribution in [1.29, 1.82) is 0 Å². The molecule has 0 bridgehead atoms. The molecule has 0 saturated carbocycles. The van der Waals surface area contributed by atoms with Crippen molar-refractivity contribution in [2.24, 2.45) is 0 Å². The van der Waals surface area contributed by atoms with Gasteiger partial charge in [0.15, 0.2) is 0 Å². The molecule has 0 saturated heterocycles. The number of aryl methyl sites for hydroxylation is 1. The van der Waals surface area contributed by atoms with Gasteiger partial charge in [0.25, 0.3) is 0 Å². The molecule has 0 spiro atoms. The average molecular weight is 369 g/mol. The molecule has 1 unspecified atom stereocenters. The summed E-state index contributed by atoms with van der Waals surface area (Å²) in [6.45, 7) is 4.28. The van der Waals surface area contributed by atoms with Crippen LogP contribution in [0.2, 0.25) is 0 Å². The van der Waals surface area contributed by atoms with Crippen LogP contribution in [0, 0.1) is 6.92 Å². The molecular weight excluding hydrogens is 354 g/mol. The van der Waals surface area contributed by atoms with Crippen LogP contribution in [0.1, 0.15) is 24.1 Å². The summed E-state index contributed by atoms with van der Waals surface area (Å²) in [5.74, 6) is 0. The van der Waals surface area contributed by atoms with Crippen LogP contribution in [0.5, 0.6) is 0 Å². The quantitative estimate of drug-likeness (QED) is 0.733. The van der Waals surface area contributed by atoms with Gasteiger partial charge in [-0.1, -0.05) is 35.9 Å². The first-order valence-corrected chi connectivity index (χ1v) is 7.43. The Morgan fingerprint density at radius 3 is 2.22 bits per heavy atom. The summed E-state index contributed by atoms with van der Waals surface area (Å²) < 4.78 is 2.13. The second kappa shape index (κ2) is 5.89. The molecule has 3 heteroatoms. The van der Waals surface area contributed by atoms with Gasteiger partial charge in [-0.15, -0.1) is 0 Å². The third-order valence-corrected chi connectivity index (χ3v) is 4.19. The molecule has 0 fully saturated rings. The van der Waals surface area contributed by atoms with E-state index < -0.39 is 0 Å². The number of para-hydroxylation sites is 1. The normalized spacial score (nSPS) is 12.2. The zero-order valence-corrected chi connectivity index (χ0v) is 13.5. The Morgan fingerprint density at radius 2 is 1.61 bits per heavy atom. The SMILES string of the molecule is Cc1cccc(C(C)Nc2c(Br)cccc2Br)c1. The highest BCUT2D eigenvalue weighted by Gasteiger charge is 2.10. The molecule has 0 aliphatic heterocycles. The van der Waals surface area contributed by atoms with E-state index in [0.717, 1.165) is 14.6 Å². The van der Waals surface area contributed by atoms with Crippen molar-refractivity contribution in [2.75, 3.05) is 5.32 Å². The van der Waals surface area contributed by atoms with E-state index >= 15 is 0 Å². The lowest BCUT2D eigenvalue weighted by atomic mass is 10.1. The van der Waals surface area contributed by atoms with Gasteiger partial charge in [0.1, 0.15) is 0 Å². The number of hydrogen-bond acceptors (Lipinski definition) is 1. The number of benzene rings is 2. The minimum Gasteiger partial charge on any atom is -0.377 e. The Balaban J connectivity index is 2.24. The number of nitrogens with one attached hydrogen (secondary N) is 1. The molecule has 18 heavy (non-hydrogen) atoms. The molecule has 1 atom stereocenters. The van der Waals surface area contributed by atoms with Crippen LogP contribution in [0.3, 0.4) is 0 Å². The first kappa shape index (κ1) is 13.6. The van der Waals surface area contributed by atoms with Crippen molar-refractivity contribution in [2.45, 2.75) is 19.9 Å². The molecule has 2 aromatic carbocycles. The largest absolute Gasteiger partial charge is 0.377 e. The lowest BCUT2D eigenvalue weighted by Gasteiger charge is -2.18. The van der Waals surface area contributed by atoms with E-state index in [9.17, 15) is 0 Å². The fraction of sp³-hybridized carbons (Fsp3) is 0.200. The van der Waals surface area contributed by atoms with Gasteiger partial charge >= 0.3 is 0 Å². The first-order chi connectivity index (χ1) is 8.58. The van der Waals surface area contributed by atoms with Crippen LogP contribution in [0.25, 0.3) is 0 Å². The zero-order chi connectivity index (χ0) is 13.1. The smallest absolute Gasteiger partial charge is 0.0633 e. The third-order valence-electron chi connectivity index (χ3n) is 2.87.